The van der Waals surface area contributed by atoms with Gasteiger partial charge in [0.1, 0.15) is 0 Å². The van der Waals surface area contributed by atoms with Crippen molar-refractivity contribution >= 4 is 26.7 Å². The number of benzene rings is 2. The Morgan fingerprint density at radius 1 is 1.25 bits per heavy atom. The van der Waals surface area contributed by atoms with Gasteiger partial charge in [-0.25, -0.2) is 13.1 Å². The zero-order valence-electron chi connectivity index (χ0n) is 13.7. The molecule has 2 aromatic carbocycles. The smallest absolute Gasteiger partial charge is 0.240 e. The maximum absolute atomic E-state index is 12.0. The Bertz CT molecular complexity index is 886. The molecule has 0 spiro atoms. The monoisotopic (exact) mass is 346 g/mol. The van der Waals surface area contributed by atoms with Crippen molar-refractivity contribution in [2.45, 2.75) is 37.0 Å². The van der Waals surface area contributed by atoms with E-state index in [1.165, 1.54) is 7.05 Å². The van der Waals surface area contributed by atoms with Crippen LogP contribution in [-0.4, -0.2) is 21.4 Å². The Labute approximate surface area is 142 Å². The molecule has 2 aromatic rings. The van der Waals surface area contributed by atoms with Crippen molar-refractivity contribution < 1.29 is 13.2 Å². The lowest BCUT2D eigenvalue weighted by molar-refractivity contribution is -0.119. The maximum atomic E-state index is 12.0. The summed E-state index contributed by atoms with van der Waals surface area (Å²) in [5.74, 6) is -0.243. The van der Waals surface area contributed by atoms with Crippen LogP contribution in [0.3, 0.4) is 0 Å². The lowest BCUT2D eigenvalue weighted by atomic mass is 9.91. The molecule has 0 saturated heterocycles. The normalized spacial score (nSPS) is 16.2. The zero-order valence-corrected chi connectivity index (χ0v) is 14.5. The van der Waals surface area contributed by atoms with Gasteiger partial charge in [-0.1, -0.05) is 24.3 Å². The molecule has 3 N–H and O–H groups in total. The number of hydrogen-bond donors (Lipinski definition) is 2. The number of fused-ring (bicyclic) bond motifs is 1. The molecule has 0 bridgehead atoms. The number of aryl methyl sites for hydroxylation is 1. The summed E-state index contributed by atoms with van der Waals surface area (Å²) in [6, 6.07) is 11.2. The molecule has 128 valence electrons. The summed E-state index contributed by atoms with van der Waals surface area (Å²) in [5.41, 5.74) is 6.51. The summed E-state index contributed by atoms with van der Waals surface area (Å²) in [6.45, 7) is 0. The highest BCUT2D eigenvalue weighted by Gasteiger charge is 2.43. The quantitative estimate of drug-likeness (QED) is 0.806. The fraction of sp³-hybridized carbons (Fsp3) is 0.389. The Kier molecular flexibility index (Phi) is 4.36. The predicted molar refractivity (Wildman–Crippen MR) is 94.0 cm³/mol. The van der Waals surface area contributed by atoms with Gasteiger partial charge in [0, 0.05) is 6.42 Å². The SMILES string of the molecule is CNS(=O)(=O)c1ccc2cccc(CCC3(CC(N)=O)CC3)c2c1. The number of nitrogens with one attached hydrogen (secondary N) is 1. The van der Waals surface area contributed by atoms with Crippen molar-refractivity contribution in [1.82, 2.24) is 4.72 Å². The molecule has 0 radical (unpaired) electrons. The molecule has 0 aromatic heterocycles. The minimum Gasteiger partial charge on any atom is -0.370 e. The maximum Gasteiger partial charge on any atom is 0.240 e. The van der Waals surface area contributed by atoms with Gasteiger partial charge in [0.2, 0.25) is 15.9 Å². The van der Waals surface area contributed by atoms with Gasteiger partial charge < -0.3 is 5.73 Å². The topological polar surface area (TPSA) is 89.3 Å². The minimum absolute atomic E-state index is 0.0582. The third kappa shape index (κ3) is 3.44. The standard InChI is InChI=1S/C18H22N2O3S/c1-20-24(22,23)15-6-5-13-3-2-4-14(16(13)11-15)7-8-18(9-10-18)12-17(19)21/h2-6,11,20H,7-10,12H2,1H3,(H2,19,21). The van der Waals surface area contributed by atoms with Crippen LogP contribution in [0.5, 0.6) is 0 Å². The van der Waals surface area contributed by atoms with Crippen molar-refractivity contribution in [1.29, 1.82) is 0 Å². The molecule has 1 aliphatic carbocycles. The Morgan fingerprint density at radius 2 is 2.00 bits per heavy atom. The first-order valence-corrected chi connectivity index (χ1v) is 9.57. The molecule has 0 atom stereocenters. The van der Waals surface area contributed by atoms with Gasteiger partial charge >= 0.3 is 0 Å². The van der Waals surface area contributed by atoms with Crippen LogP contribution in [-0.2, 0) is 21.2 Å². The molecule has 1 amide bonds. The van der Waals surface area contributed by atoms with Crippen molar-refractivity contribution in [2.24, 2.45) is 11.1 Å². The van der Waals surface area contributed by atoms with Crippen LogP contribution >= 0.6 is 0 Å². The Balaban J connectivity index is 1.90. The van der Waals surface area contributed by atoms with Crippen LogP contribution < -0.4 is 10.5 Å². The second kappa shape index (κ2) is 6.18. The fourth-order valence-electron chi connectivity index (χ4n) is 3.28. The van der Waals surface area contributed by atoms with E-state index in [2.05, 4.69) is 4.72 Å². The number of amides is 1. The van der Waals surface area contributed by atoms with Crippen LogP contribution in [0, 0.1) is 5.41 Å². The van der Waals surface area contributed by atoms with E-state index in [1.807, 2.05) is 24.3 Å². The van der Waals surface area contributed by atoms with E-state index < -0.39 is 10.0 Å². The number of sulfonamides is 1. The summed E-state index contributed by atoms with van der Waals surface area (Å²) in [4.78, 5) is 11.5. The van der Waals surface area contributed by atoms with E-state index in [4.69, 9.17) is 5.73 Å². The number of rotatable bonds is 7. The first-order valence-electron chi connectivity index (χ1n) is 8.09. The molecule has 5 nitrogen and oxygen atoms in total. The molecule has 0 aliphatic heterocycles. The molecule has 0 unspecified atom stereocenters. The molecule has 1 saturated carbocycles. The van der Waals surface area contributed by atoms with Gasteiger partial charge in [-0.3, -0.25) is 4.79 Å². The summed E-state index contributed by atoms with van der Waals surface area (Å²) in [5, 5.41) is 1.96. The molecular formula is C18H22N2O3S. The van der Waals surface area contributed by atoms with Crippen molar-refractivity contribution in [3.63, 3.8) is 0 Å². The van der Waals surface area contributed by atoms with Crippen LogP contribution in [0.1, 0.15) is 31.2 Å². The summed E-state index contributed by atoms with van der Waals surface area (Å²) < 4.78 is 26.4. The van der Waals surface area contributed by atoms with E-state index in [0.717, 1.165) is 42.0 Å². The van der Waals surface area contributed by atoms with Crippen molar-refractivity contribution in [2.75, 3.05) is 7.05 Å². The second-order valence-corrected chi connectivity index (χ2v) is 8.54. The highest BCUT2D eigenvalue weighted by atomic mass is 32.2. The minimum atomic E-state index is -3.46. The largest absolute Gasteiger partial charge is 0.370 e. The fourth-order valence-corrected chi connectivity index (χ4v) is 4.04. The van der Waals surface area contributed by atoms with E-state index in [9.17, 15) is 13.2 Å². The van der Waals surface area contributed by atoms with Crippen LogP contribution in [0.2, 0.25) is 0 Å². The number of carbonyl (C=O) groups excluding carboxylic acids is 1. The number of primary amides is 1. The van der Waals surface area contributed by atoms with Crippen LogP contribution in [0.4, 0.5) is 0 Å². The molecule has 1 fully saturated rings. The van der Waals surface area contributed by atoms with E-state index in [0.29, 0.717) is 6.42 Å². The van der Waals surface area contributed by atoms with Crippen LogP contribution in [0.25, 0.3) is 10.8 Å². The average molecular weight is 346 g/mol. The molecule has 6 heteroatoms. The van der Waals surface area contributed by atoms with Gasteiger partial charge in [0.25, 0.3) is 0 Å². The zero-order chi connectivity index (χ0) is 17.4. The number of hydrogen-bond acceptors (Lipinski definition) is 3. The average Bonchev–Trinajstić information content (AvgIpc) is 3.31. The molecule has 0 heterocycles. The van der Waals surface area contributed by atoms with Crippen molar-refractivity contribution in [3.8, 4) is 0 Å². The Hall–Kier alpha value is -1.92. The van der Waals surface area contributed by atoms with Gasteiger partial charge in [-0.2, -0.15) is 0 Å². The second-order valence-electron chi connectivity index (χ2n) is 6.65. The molecule has 3 rings (SSSR count). The lowest BCUT2D eigenvalue weighted by Crippen LogP contribution is -2.18. The molecule has 1 aliphatic rings. The number of nitrogens with two attached hydrogens (primary N) is 1. The summed E-state index contributed by atoms with van der Waals surface area (Å²) in [6.07, 6.45) is 4.24. The first-order chi connectivity index (χ1) is 11.4. The van der Waals surface area contributed by atoms with Crippen molar-refractivity contribution in [3.05, 3.63) is 42.0 Å². The summed E-state index contributed by atoms with van der Waals surface area (Å²) in [7, 11) is -2.06. The van der Waals surface area contributed by atoms with Gasteiger partial charge in [-0.05, 0) is 66.6 Å². The number of carbonyl (C=O) groups is 1. The highest BCUT2D eigenvalue weighted by molar-refractivity contribution is 7.89. The lowest BCUT2D eigenvalue weighted by Gasteiger charge is -2.14. The molecular weight excluding hydrogens is 324 g/mol. The van der Waals surface area contributed by atoms with Crippen LogP contribution in [0.15, 0.2) is 41.3 Å². The Morgan fingerprint density at radius 3 is 2.62 bits per heavy atom. The highest BCUT2D eigenvalue weighted by Crippen LogP contribution is 2.52. The van der Waals surface area contributed by atoms with Gasteiger partial charge in [-0.15, -0.1) is 0 Å². The van der Waals surface area contributed by atoms with E-state index in [-0.39, 0.29) is 16.2 Å². The van der Waals surface area contributed by atoms with Gasteiger partial charge in [0.05, 0.1) is 4.90 Å². The first kappa shape index (κ1) is 16.9. The molecule has 24 heavy (non-hydrogen) atoms. The van der Waals surface area contributed by atoms with E-state index in [1.54, 1.807) is 12.1 Å². The third-order valence-corrected chi connectivity index (χ3v) is 6.37. The predicted octanol–water partition coefficient (Wildman–Crippen LogP) is 2.34. The third-order valence-electron chi connectivity index (χ3n) is 4.95. The van der Waals surface area contributed by atoms with Gasteiger partial charge in [0.15, 0.2) is 0 Å². The van der Waals surface area contributed by atoms with E-state index >= 15 is 0 Å². The summed E-state index contributed by atoms with van der Waals surface area (Å²) >= 11 is 0.